The first-order valence-electron chi connectivity index (χ1n) is 7.79. The molecule has 126 valence electrons. The van der Waals surface area contributed by atoms with E-state index in [4.69, 9.17) is 0 Å². The van der Waals surface area contributed by atoms with Crippen molar-refractivity contribution in [3.63, 3.8) is 0 Å². The number of nitrogens with one attached hydrogen (secondary N) is 2. The van der Waals surface area contributed by atoms with E-state index in [0.29, 0.717) is 17.8 Å². The smallest absolute Gasteiger partial charge is 0.319 e. The molecule has 0 heterocycles. The maximum absolute atomic E-state index is 12.0. The first-order valence-corrected chi connectivity index (χ1v) is 7.79. The standard InChI is InChI=1S/C19H23N3O2/c1-13-6-5-7-15(10-13)12-20-19(24)21-16-8-9-17(14(2)11-16)18(23)22(3)4/h5-11H,12H2,1-4H3,(H2,20,21,24). The third kappa shape index (κ3) is 4.59. The minimum absolute atomic E-state index is 0.0528. The monoisotopic (exact) mass is 325 g/mol. The summed E-state index contributed by atoms with van der Waals surface area (Å²) in [4.78, 5) is 25.6. The van der Waals surface area contributed by atoms with E-state index < -0.39 is 0 Å². The maximum Gasteiger partial charge on any atom is 0.319 e. The molecule has 2 aromatic carbocycles. The van der Waals surface area contributed by atoms with E-state index in [1.165, 1.54) is 4.90 Å². The number of anilines is 1. The Balaban J connectivity index is 1.97. The molecule has 2 aromatic rings. The molecule has 2 rings (SSSR count). The Morgan fingerprint density at radius 2 is 1.79 bits per heavy atom. The second kappa shape index (κ2) is 7.64. The average Bonchev–Trinajstić information content (AvgIpc) is 2.52. The van der Waals surface area contributed by atoms with Crippen LogP contribution in [0, 0.1) is 13.8 Å². The number of rotatable bonds is 4. The zero-order valence-corrected chi connectivity index (χ0v) is 14.5. The molecule has 0 aromatic heterocycles. The molecular formula is C19H23N3O2. The highest BCUT2D eigenvalue weighted by molar-refractivity contribution is 5.96. The van der Waals surface area contributed by atoms with Gasteiger partial charge in [-0.3, -0.25) is 4.79 Å². The Morgan fingerprint density at radius 3 is 2.42 bits per heavy atom. The number of carbonyl (C=O) groups excluding carboxylic acids is 2. The van der Waals surface area contributed by atoms with E-state index in [-0.39, 0.29) is 11.9 Å². The van der Waals surface area contributed by atoms with Crippen LogP contribution >= 0.6 is 0 Å². The summed E-state index contributed by atoms with van der Waals surface area (Å²) < 4.78 is 0. The van der Waals surface area contributed by atoms with Gasteiger partial charge in [-0.2, -0.15) is 0 Å². The Bertz CT molecular complexity index is 754. The van der Waals surface area contributed by atoms with Crippen molar-refractivity contribution in [1.29, 1.82) is 0 Å². The molecule has 5 nitrogen and oxygen atoms in total. The van der Waals surface area contributed by atoms with Crippen LogP contribution in [0.3, 0.4) is 0 Å². The minimum Gasteiger partial charge on any atom is -0.345 e. The van der Waals surface area contributed by atoms with Crippen molar-refractivity contribution in [2.75, 3.05) is 19.4 Å². The molecule has 0 aliphatic rings. The predicted molar refractivity (Wildman–Crippen MR) is 96.2 cm³/mol. The van der Waals surface area contributed by atoms with Gasteiger partial charge in [-0.1, -0.05) is 29.8 Å². The molecule has 0 aliphatic heterocycles. The molecule has 0 radical (unpaired) electrons. The molecule has 2 N–H and O–H groups in total. The molecule has 0 spiro atoms. The number of urea groups is 1. The molecule has 0 bridgehead atoms. The summed E-state index contributed by atoms with van der Waals surface area (Å²) in [6.45, 7) is 4.33. The fraction of sp³-hybridized carbons (Fsp3) is 0.263. The van der Waals surface area contributed by atoms with Gasteiger partial charge >= 0.3 is 6.03 Å². The van der Waals surface area contributed by atoms with E-state index in [2.05, 4.69) is 10.6 Å². The number of benzene rings is 2. The molecule has 0 atom stereocenters. The van der Waals surface area contributed by atoms with Gasteiger partial charge < -0.3 is 15.5 Å². The highest BCUT2D eigenvalue weighted by Gasteiger charge is 2.12. The fourth-order valence-corrected chi connectivity index (χ4v) is 2.40. The molecule has 0 fully saturated rings. The second-order valence-electron chi connectivity index (χ2n) is 6.03. The van der Waals surface area contributed by atoms with E-state index in [1.54, 1.807) is 32.3 Å². The van der Waals surface area contributed by atoms with Crippen molar-refractivity contribution < 1.29 is 9.59 Å². The molecule has 0 unspecified atom stereocenters. The molecule has 0 saturated heterocycles. The van der Waals surface area contributed by atoms with E-state index in [0.717, 1.165) is 16.7 Å². The molecule has 3 amide bonds. The van der Waals surface area contributed by atoms with Gasteiger partial charge in [0.1, 0.15) is 0 Å². The largest absolute Gasteiger partial charge is 0.345 e. The van der Waals surface area contributed by atoms with Crippen LogP contribution in [0.25, 0.3) is 0 Å². The Kier molecular flexibility index (Phi) is 5.58. The molecule has 5 heteroatoms. The van der Waals surface area contributed by atoms with Gasteiger partial charge in [0.25, 0.3) is 5.91 Å². The number of aryl methyl sites for hydroxylation is 2. The van der Waals surface area contributed by atoms with E-state index in [1.807, 2.05) is 38.1 Å². The lowest BCUT2D eigenvalue weighted by Gasteiger charge is -2.14. The van der Waals surface area contributed by atoms with Crippen molar-refractivity contribution in [3.05, 3.63) is 64.7 Å². The van der Waals surface area contributed by atoms with Crippen LogP contribution in [0.1, 0.15) is 27.0 Å². The summed E-state index contributed by atoms with van der Waals surface area (Å²) in [6.07, 6.45) is 0. The van der Waals surface area contributed by atoms with Crippen molar-refractivity contribution in [3.8, 4) is 0 Å². The average molecular weight is 325 g/mol. The van der Waals surface area contributed by atoms with E-state index >= 15 is 0 Å². The van der Waals surface area contributed by atoms with Crippen molar-refractivity contribution in [2.24, 2.45) is 0 Å². The quantitative estimate of drug-likeness (QED) is 0.906. The van der Waals surface area contributed by atoms with Gasteiger partial charge in [0.2, 0.25) is 0 Å². The van der Waals surface area contributed by atoms with Crippen LogP contribution in [0.15, 0.2) is 42.5 Å². The number of hydrogen-bond acceptors (Lipinski definition) is 2. The molecule has 0 aliphatic carbocycles. The van der Waals surface area contributed by atoms with Crippen LogP contribution < -0.4 is 10.6 Å². The van der Waals surface area contributed by atoms with Gasteiger partial charge in [-0.25, -0.2) is 4.79 Å². The normalized spacial score (nSPS) is 10.2. The molecular weight excluding hydrogens is 302 g/mol. The van der Waals surface area contributed by atoms with Gasteiger partial charge in [0, 0.05) is 31.9 Å². The summed E-state index contributed by atoms with van der Waals surface area (Å²) in [5, 5.41) is 5.61. The first-order chi connectivity index (χ1) is 11.4. The van der Waals surface area contributed by atoms with Gasteiger partial charge in [-0.05, 0) is 43.2 Å². The van der Waals surface area contributed by atoms with Crippen molar-refractivity contribution in [2.45, 2.75) is 20.4 Å². The van der Waals surface area contributed by atoms with Crippen LogP contribution in [0.2, 0.25) is 0 Å². The summed E-state index contributed by atoms with van der Waals surface area (Å²) in [7, 11) is 3.43. The van der Waals surface area contributed by atoms with E-state index in [9.17, 15) is 9.59 Å². The highest BCUT2D eigenvalue weighted by atomic mass is 16.2. The van der Waals surface area contributed by atoms with Gasteiger partial charge in [0.15, 0.2) is 0 Å². The predicted octanol–water partition coefficient (Wildman–Crippen LogP) is 3.33. The van der Waals surface area contributed by atoms with Crippen molar-refractivity contribution >= 4 is 17.6 Å². The van der Waals surface area contributed by atoms with Crippen molar-refractivity contribution in [1.82, 2.24) is 10.2 Å². The zero-order valence-electron chi connectivity index (χ0n) is 14.5. The summed E-state index contributed by atoms with van der Waals surface area (Å²) in [6, 6.07) is 13.0. The lowest BCUT2D eigenvalue weighted by atomic mass is 10.1. The third-order valence-corrected chi connectivity index (χ3v) is 3.66. The number of nitrogens with zero attached hydrogens (tertiary/aromatic N) is 1. The Labute approximate surface area is 142 Å². The van der Waals surface area contributed by atoms with Crippen LogP contribution in [0.4, 0.5) is 10.5 Å². The lowest BCUT2D eigenvalue weighted by molar-refractivity contribution is 0.0827. The topological polar surface area (TPSA) is 61.4 Å². The van der Waals surface area contributed by atoms with Gasteiger partial charge in [0.05, 0.1) is 0 Å². The summed E-state index contributed by atoms with van der Waals surface area (Å²) in [5.41, 5.74) is 4.32. The van der Waals surface area contributed by atoms with Crippen LogP contribution in [-0.4, -0.2) is 30.9 Å². The number of carbonyl (C=O) groups is 2. The lowest BCUT2D eigenvalue weighted by Crippen LogP contribution is -2.28. The zero-order chi connectivity index (χ0) is 17.7. The fourth-order valence-electron chi connectivity index (χ4n) is 2.40. The molecule has 24 heavy (non-hydrogen) atoms. The number of hydrogen-bond donors (Lipinski definition) is 2. The highest BCUT2D eigenvalue weighted by Crippen LogP contribution is 2.16. The second-order valence-corrected chi connectivity index (χ2v) is 6.03. The van der Waals surface area contributed by atoms with Crippen LogP contribution in [0.5, 0.6) is 0 Å². The Hall–Kier alpha value is -2.82. The van der Waals surface area contributed by atoms with Gasteiger partial charge in [-0.15, -0.1) is 0 Å². The molecule has 0 saturated carbocycles. The number of amides is 3. The third-order valence-electron chi connectivity index (χ3n) is 3.66. The SMILES string of the molecule is Cc1cccc(CNC(=O)Nc2ccc(C(=O)N(C)C)c(C)c2)c1. The first kappa shape index (κ1) is 17.5. The minimum atomic E-state index is -0.275. The summed E-state index contributed by atoms with van der Waals surface area (Å²) in [5.74, 6) is -0.0528. The Morgan fingerprint density at radius 1 is 1.04 bits per heavy atom. The van der Waals surface area contributed by atoms with Crippen LogP contribution in [-0.2, 0) is 6.54 Å². The summed E-state index contributed by atoms with van der Waals surface area (Å²) >= 11 is 0. The maximum atomic E-state index is 12.0.